The standard InChI is InChI=1S/C13H19BrN2O2S/c14-11-6-7-13(12(15)8-11)16-19(17,18)9-10-4-2-1-3-5-10/h6-8,10,16H,1-5,9,15H2. The zero-order valence-electron chi connectivity index (χ0n) is 10.7. The summed E-state index contributed by atoms with van der Waals surface area (Å²) < 4.78 is 27.7. The predicted molar refractivity (Wildman–Crippen MR) is 82.5 cm³/mol. The number of rotatable bonds is 4. The molecule has 106 valence electrons. The van der Waals surface area contributed by atoms with Gasteiger partial charge in [-0.25, -0.2) is 8.42 Å². The van der Waals surface area contributed by atoms with Crippen LogP contribution in [0.15, 0.2) is 22.7 Å². The lowest BCUT2D eigenvalue weighted by Crippen LogP contribution is -2.24. The summed E-state index contributed by atoms with van der Waals surface area (Å²) in [5.74, 6) is 0.477. The summed E-state index contributed by atoms with van der Waals surface area (Å²) in [5.41, 5.74) is 6.69. The molecule has 1 aromatic carbocycles. The summed E-state index contributed by atoms with van der Waals surface area (Å²) in [6.07, 6.45) is 5.53. The van der Waals surface area contributed by atoms with Gasteiger partial charge in [0.2, 0.25) is 10.0 Å². The normalized spacial score (nSPS) is 17.3. The van der Waals surface area contributed by atoms with E-state index in [2.05, 4.69) is 20.7 Å². The number of anilines is 2. The maximum Gasteiger partial charge on any atom is 0.233 e. The number of halogens is 1. The molecule has 0 heterocycles. The van der Waals surface area contributed by atoms with Crippen molar-refractivity contribution in [3.63, 3.8) is 0 Å². The number of nitrogens with one attached hydrogen (secondary N) is 1. The second-order valence-electron chi connectivity index (χ2n) is 5.12. The maximum absolute atomic E-state index is 12.1. The molecule has 1 aromatic rings. The third-order valence-corrected chi connectivity index (χ3v) is 5.39. The maximum atomic E-state index is 12.1. The Morgan fingerprint density at radius 3 is 2.58 bits per heavy atom. The van der Waals surface area contributed by atoms with Crippen LogP contribution in [-0.2, 0) is 10.0 Å². The van der Waals surface area contributed by atoms with Gasteiger partial charge in [0.25, 0.3) is 0 Å². The molecular formula is C13H19BrN2O2S. The Labute approximate surface area is 122 Å². The van der Waals surface area contributed by atoms with Gasteiger partial charge in [-0.3, -0.25) is 4.72 Å². The molecule has 0 spiro atoms. The van der Waals surface area contributed by atoms with Gasteiger partial charge in [0.15, 0.2) is 0 Å². The van der Waals surface area contributed by atoms with E-state index < -0.39 is 10.0 Å². The fourth-order valence-corrected chi connectivity index (χ4v) is 4.44. The Balaban J connectivity index is 2.03. The first-order valence-electron chi connectivity index (χ1n) is 6.52. The van der Waals surface area contributed by atoms with E-state index in [0.29, 0.717) is 11.4 Å². The van der Waals surface area contributed by atoms with Gasteiger partial charge in [0.1, 0.15) is 0 Å². The number of nitrogens with two attached hydrogens (primary N) is 1. The highest BCUT2D eigenvalue weighted by molar-refractivity contribution is 9.10. The van der Waals surface area contributed by atoms with Gasteiger partial charge in [-0.15, -0.1) is 0 Å². The van der Waals surface area contributed by atoms with Crippen molar-refractivity contribution in [2.45, 2.75) is 32.1 Å². The van der Waals surface area contributed by atoms with E-state index in [1.165, 1.54) is 6.42 Å². The minimum Gasteiger partial charge on any atom is -0.397 e. The average molecular weight is 347 g/mol. The second kappa shape index (κ2) is 6.13. The van der Waals surface area contributed by atoms with Gasteiger partial charge < -0.3 is 5.73 Å². The molecule has 19 heavy (non-hydrogen) atoms. The Bertz CT molecular complexity index is 540. The Morgan fingerprint density at radius 1 is 1.26 bits per heavy atom. The first kappa shape index (κ1) is 14.7. The zero-order valence-corrected chi connectivity index (χ0v) is 13.1. The van der Waals surface area contributed by atoms with Gasteiger partial charge in [0.05, 0.1) is 17.1 Å². The van der Waals surface area contributed by atoms with E-state index in [4.69, 9.17) is 5.73 Å². The van der Waals surface area contributed by atoms with Crippen LogP contribution in [0.2, 0.25) is 0 Å². The van der Waals surface area contributed by atoms with Crippen LogP contribution < -0.4 is 10.5 Å². The molecule has 0 bridgehead atoms. The van der Waals surface area contributed by atoms with Crippen LogP contribution in [0.1, 0.15) is 32.1 Å². The smallest absolute Gasteiger partial charge is 0.233 e. The van der Waals surface area contributed by atoms with Crippen LogP contribution >= 0.6 is 15.9 Å². The van der Waals surface area contributed by atoms with Crippen molar-refractivity contribution < 1.29 is 8.42 Å². The SMILES string of the molecule is Nc1cc(Br)ccc1NS(=O)(=O)CC1CCCCC1. The van der Waals surface area contributed by atoms with E-state index in [1.807, 2.05) is 0 Å². The van der Waals surface area contributed by atoms with E-state index in [0.717, 1.165) is 30.2 Å². The van der Waals surface area contributed by atoms with Crippen molar-refractivity contribution in [3.05, 3.63) is 22.7 Å². The zero-order chi connectivity index (χ0) is 13.9. The molecule has 0 unspecified atom stereocenters. The number of hydrogen-bond acceptors (Lipinski definition) is 3. The lowest BCUT2D eigenvalue weighted by atomic mass is 9.91. The van der Waals surface area contributed by atoms with Crippen LogP contribution in [0.4, 0.5) is 11.4 Å². The lowest BCUT2D eigenvalue weighted by Gasteiger charge is -2.21. The summed E-state index contributed by atoms with van der Waals surface area (Å²) in [4.78, 5) is 0. The van der Waals surface area contributed by atoms with Gasteiger partial charge in [0, 0.05) is 4.47 Å². The van der Waals surface area contributed by atoms with Crippen LogP contribution in [0.25, 0.3) is 0 Å². The molecule has 1 fully saturated rings. The summed E-state index contributed by atoms with van der Waals surface area (Å²) in [7, 11) is -3.31. The van der Waals surface area contributed by atoms with Crippen LogP contribution in [0, 0.1) is 5.92 Å². The highest BCUT2D eigenvalue weighted by atomic mass is 79.9. The topological polar surface area (TPSA) is 72.2 Å². The average Bonchev–Trinajstić information content (AvgIpc) is 2.33. The van der Waals surface area contributed by atoms with Crippen molar-refractivity contribution in [2.75, 3.05) is 16.2 Å². The second-order valence-corrected chi connectivity index (χ2v) is 7.80. The third-order valence-electron chi connectivity index (χ3n) is 3.46. The Kier molecular flexibility index (Phi) is 4.73. The quantitative estimate of drug-likeness (QED) is 0.821. The van der Waals surface area contributed by atoms with E-state index in [-0.39, 0.29) is 11.7 Å². The summed E-state index contributed by atoms with van der Waals surface area (Å²) in [6.45, 7) is 0. The van der Waals surface area contributed by atoms with Crippen molar-refractivity contribution in [2.24, 2.45) is 5.92 Å². The molecule has 0 radical (unpaired) electrons. The van der Waals surface area contributed by atoms with Crippen LogP contribution in [0.3, 0.4) is 0 Å². The minimum absolute atomic E-state index is 0.197. The monoisotopic (exact) mass is 346 g/mol. The molecular weight excluding hydrogens is 328 g/mol. The molecule has 0 amide bonds. The molecule has 6 heteroatoms. The molecule has 1 saturated carbocycles. The molecule has 2 rings (SSSR count). The molecule has 4 nitrogen and oxygen atoms in total. The Hall–Kier alpha value is -0.750. The van der Waals surface area contributed by atoms with E-state index in [9.17, 15) is 8.42 Å². The highest BCUT2D eigenvalue weighted by Gasteiger charge is 2.21. The molecule has 0 saturated heterocycles. The molecule has 0 aliphatic heterocycles. The third kappa shape index (κ3) is 4.38. The number of hydrogen-bond donors (Lipinski definition) is 2. The number of benzene rings is 1. The number of nitrogen functional groups attached to an aromatic ring is 1. The largest absolute Gasteiger partial charge is 0.397 e. The summed E-state index contributed by atoms with van der Waals surface area (Å²) in [6, 6.07) is 5.14. The van der Waals surface area contributed by atoms with Crippen LogP contribution in [0.5, 0.6) is 0 Å². The van der Waals surface area contributed by atoms with Crippen molar-refractivity contribution in [1.82, 2.24) is 0 Å². The molecule has 0 aromatic heterocycles. The Morgan fingerprint density at radius 2 is 1.95 bits per heavy atom. The van der Waals surface area contributed by atoms with Crippen molar-refractivity contribution >= 4 is 37.3 Å². The summed E-state index contributed by atoms with van der Waals surface area (Å²) in [5, 5.41) is 0. The number of sulfonamides is 1. The van der Waals surface area contributed by atoms with Gasteiger partial charge >= 0.3 is 0 Å². The fourth-order valence-electron chi connectivity index (χ4n) is 2.50. The van der Waals surface area contributed by atoms with Gasteiger partial charge in [-0.2, -0.15) is 0 Å². The van der Waals surface area contributed by atoms with Crippen LogP contribution in [-0.4, -0.2) is 14.2 Å². The first-order valence-corrected chi connectivity index (χ1v) is 8.96. The molecule has 1 aliphatic carbocycles. The van der Waals surface area contributed by atoms with Gasteiger partial charge in [-0.1, -0.05) is 35.2 Å². The molecule has 0 atom stereocenters. The predicted octanol–water partition coefficient (Wildman–Crippen LogP) is 3.35. The fraction of sp³-hybridized carbons (Fsp3) is 0.538. The highest BCUT2D eigenvalue weighted by Crippen LogP contribution is 2.27. The first-order chi connectivity index (χ1) is 8.96. The lowest BCUT2D eigenvalue weighted by molar-refractivity contribution is 0.385. The summed E-state index contributed by atoms with van der Waals surface area (Å²) >= 11 is 3.30. The van der Waals surface area contributed by atoms with E-state index in [1.54, 1.807) is 18.2 Å². The van der Waals surface area contributed by atoms with E-state index >= 15 is 0 Å². The molecule has 3 N–H and O–H groups in total. The van der Waals surface area contributed by atoms with Gasteiger partial charge in [-0.05, 0) is 37.0 Å². The molecule has 1 aliphatic rings. The van der Waals surface area contributed by atoms with Crippen molar-refractivity contribution in [1.29, 1.82) is 0 Å². The van der Waals surface area contributed by atoms with Crippen molar-refractivity contribution in [3.8, 4) is 0 Å². The minimum atomic E-state index is -3.31.